The fourth-order valence-corrected chi connectivity index (χ4v) is 3.18. The predicted molar refractivity (Wildman–Crippen MR) is 118 cm³/mol. The molecular formula is C22H20N2O6S. The molecular weight excluding hydrogens is 420 g/mol. The van der Waals surface area contributed by atoms with Crippen LogP contribution in [0.25, 0.3) is 6.08 Å². The number of methoxy groups -OCH3 is 1. The second-order valence-corrected chi connectivity index (χ2v) is 7.16. The standard InChI is InChI=1S/C22H20N2O6S/c1-12-7-9-15(10-8-12)24-20(26)16(19(25)23-22(24)31)11-14-5-4-6-17(29-3)18(14)30-13(2)21(27)28/h4-11,13H,1-3H3,(H,27,28)(H,23,25,31)/b16-11+/t13-/m1/s1. The van der Waals surface area contributed by atoms with Crippen molar-refractivity contribution in [3.05, 3.63) is 59.2 Å². The van der Waals surface area contributed by atoms with Crippen molar-refractivity contribution < 1.29 is 29.0 Å². The molecule has 0 saturated carbocycles. The lowest BCUT2D eigenvalue weighted by molar-refractivity contribution is -0.144. The van der Waals surface area contributed by atoms with Gasteiger partial charge in [-0.3, -0.25) is 19.8 Å². The van der Waals surface area contributed by atoms with Gasteiger partial charge in [-0.2, -0.15) is 0 Å². The second kappa shape index (κ2) is 8.97. The average molecular weight is 440 g/mol. The highest BCUT2D eigenvalue weighted by atomic mass is 32.1. The Balaban J connectivity index is 2.06. The molecule has 0 radical (unpaired) electrons. The van der Waals surface area contributed by atoms with Crippen LogP contribution in [-0.2, 0) is 14.4 Å². The highest BCUT2D eigenvalue weighted by Crippen LogP contribution is 2.34. The SMILES string of the molecule is COc1cccc(/C=C2\C(=O)NC(=S)N(c3ccc(C)cc3)C2=O)c1O[C@H](C)C(=O)O. The number of nitrogens with one attached hydrogen (secondary N) is 1. The van der Waals surface area contributed by atoms with E-state index in [9.17, 15) is 19.5 Å². The van der Waals surface area contributed by atoms with Crippen LogP contribution < -0.4 is 19.7 Å². The van der Waals surface area contributed by atoms with Gasteiger partial charge < -0.3 is 14.6 Å². The first-order chi connectivity index (χ1) is 14.7. The summed E-state index contributed by atoms with van der Waals surface area (Å²) >= 11 is 5.20. The summed E-state index contributed by atoms with van der Waals surface area (Å²) in [4.78, 5) is 38.2. The van der Waals surface area contributed by atoms with Crippen LogP contribution in [0.3, 0.4) is 0 Å². The van der Waals surface area contributed by atoms with Crippen LogP contribution in [0.15, 0.2) is 48.0 Å². The number of carboxylic acid groups (broad SMARTS) is 1. The first kappa shape index (κ1) is 22.0. The number of aliphatic carboxylic acids is 1. The van der Waals surface area contributed by atoms with Crippen molar-refractivity contribution in [3.63, 3.8) is 0 Å². The van der Waals surface area contributed by atoms with Gasteiger partial charge in [0.15, 0.2) is 22.7 Å². The Kier molecular flexibility index (Phi) is 6.36. The molecule has 2 aromatic carbocycles. The number of carbonyl (C=O) groups excluding carboxylic acids is 2. The molecule has 0 unspecified atom stereocenters. The monoisotopic (exact) mass is 440 g/mol. The van der Waals surface area contributed by atoms with Crippen LogP contribution in [0.2, 0.25) is 0 Å². The first-order valence-corrected chi connectivity index (χ1v) is 9.68. The van der Waals surface area contributed by atoms with E-state index in [-0.39, 0.29) is 22.2 Å². The summed E-state index contributed by atoms with van der Waals surface area (Å²) in [5.74, 6) is -2.09. The lowest BCUT2D eigenvalue weighted by Gasteiger charge is -2.29. The average Bonchev–Trinajstić information content (AvgIpc) is 2.73. The van der Waals surface area contributed by atoms with E-state index in [1.54, 1.807) is 30.3 Å². The molecule has 2 N–H and O–H groups in total. The molecule has 0 aliphatic carbocycles. The van der Waals surface area contributed by atoms with Gasteiger partial charge in [0.05, 0.1) is 12.8 Å². The number of rotatable bonds is 6. The number of benzene rings is 2. The Morgan fingerprint density at radius 3 is 2.48 bits per heavy atom. The third kappa shape index (κ3) is 4.56. The molecule has 2 aromatic rings. The molecule has 160 valence electrons. The van der Waals surface area contributed by atoms with Crippen molar-refractivity contribution in [3.8, 4) is 11.5 Å². The van der Waals surface area contributed by atoms with Crippen molar-refractivity contribution in [2.45, 2.75) is 20.0 Å². The topological polar surface area (TPSA) is 105 Å². The molecule has 8 nitrogen and oxygen atoms in total. The van der Waals surface area contributed by atoms with E-state index < -0.39 is 23.9 Å². The molecule has 3 rings (SSSR count). The van der Waals surface area contributed by atoms with Crippen LogP contribution in [0.4, 0.5) is 5.69 Å². The third-order valence-electron chi connectivity index (χ3n) is 4.57. The van der Waals surface area contributed by atoms with Gasteiger partial charge in [0.1, 0.15) is 5.57 Å². The number of nitrogens with zero attached hydrogens (tertiary/aromatic N) is 1. The van der Waals surface area contributed by atoms with E-state index in [1.165, 1.54) is 25.0 Å². The minimum Gasteiger partial charge on any atom is -0.493 e. The number of carboxylic acids is 1. The quantitative estimate of drug-likeness (QED) is 0.404. The fourth-order valence-electron chi connectivity index (χ4n) is 2.90. The summed E-state index contributed by atoms with van der Waals surface area (Å²) in [5.41, 5.74) is 1.63. The van der Waals surface area contributed by atoms with Crippen LogP contribution >= 0.6 is 12.2 Å². The number of amides is 2. The summed E-state index contributed by atoms with van der Waals surface area (Å²) in [6.45, 7) is 3.28. The molecule has 2 amide bonds. The lowest BCUT2D eigenvalue weighted by atomic mass is 10.1. The fraction of sp³-hybridized carbons (Fsp3) is 0.182. The largest absolute Gasteiger partial charge is 0.493 e. The Morgan fingerprint density at radius 1 is 1.19 bits per heavy atom. The molecule has 31 heavy (non-hydrogen) atoms. The maximum atomic E-state index is 13.2. The number of ether oxygens (including phenoxy) is 2. The lowest BCUT2D eigenvalue weighted by Crippen LogP contribution is -2.54. The van der Waals surface area contributed by atoms with Gasteiger partial charge in [-0.25, -0.2) is 4.79 Å². The summed E-state index contributed by atoms with van der Waals surface area (Å²) in [5, 5.41) is 11.7. The number of anilines is 1. The summed E-state index contributed by atoms with van der Waals surface area (Å²) in [7, 11) is 1.40. The van der Waals surface area contributed by atoms with E-state index in [0.717, 1.165) is 5.56 Å². The Morgan fingerprint density at radius 2 is 1.87 bits per heavy atom. The number of para-hydroxylation sites is 1. The zero-order chi connectivity index (χ0) is 22.7. The predicted octanol–water partition coefficient (Wildman–Crippen LogP) is 2.69. The number of thiocarbonyl (C=S) groups is 1. The van der Waals surface area contributed by atoms with Gasteiger partial charge in [0.2, 0.25) is 0 Å². The van der Waals surface area contributed by atoms with Gasteiger partial charge in [-0.05, 0) is 50.3 Å². The number of carbonyl (C=O) groups is 3. The molecule has 1 aliphatic heterocycles. The molecule has 0 aromatic heterocycles. The molecule has 1 saturated heterocycles. The van der Waals surface area contributed by atoms with Gasteiger partial charge in [-0.15, -0.1) is 0 Å². The van der Waals surface area contributed by atoms with Crippen LogP contribution in [0.1, 0.15) is 18.1 Å². The highest BCUT2D eigenvalue weighted by Gasteiger charge is 2.35. The summed E-state index contributed by atoms with van der Waals surface area (Å²) < 4.78 is 10.8. The van der Waals surface area contributed by atoms with Crippen molar-refractivity contribution in [2.24, 2.45) is 0 Å². The van der Waals surface area contributed by atoms with Gasteiger partial charge >= 0.3 is 5.97 Å². The number of hydrogen-bond acceptors (Lipinski definition) is 6. The Bertz CT molecular complexity index is 1090. The molecule has 0 bridgehead atoms. The number of hydrogen-bond donors (Lipinski definition) is 2. The van der Waals surface area contributed by atoms with Crippen molar-refractivity contribution in [2.75, 3.05) is 12.0 Å². The first-order valence-electron chi connectivity index (χ1n) is 9.27. The second-order valence-electron chi connectivity index (χ2n) is 6.77. The molecule has 1 fully saturated rings. The van der Waals surface area contributed by atoms with Gasteiger partial charge in [0, 0.05) is 5.56 Å². The summed E-state index contributed by atoms with van der Waals surface area (Å²) in [6.07, 6.45) is 0.147. The van der Waals surface area contributed by atoms with E-state index in [1.807, 2.05) is 19.1 Å². The maximum absolute atomic E-state index is 13.2. The highest BCUT2D eigenvalue weighted by molar-refractivity contribution is 7.80. The van der Waals surface area contributed by atoms with Crippen LogP contribution in [0, 0.1) is 6.92 Å². The molecule has 1 atom stereocenters. The van der Waals surface area contributed by atoms with Crippen molar-refractivity contribution in [1.29, 1.82) is 0 Å². The molecule has 1 aliphatic rings. The maximum Gasteiger partial charge on any atom is 0.344 e. The molecule has 0 spiro atoms. The van der Waals surface area contributed by atoms with Crippen LogP contribution in [0.5, 0.6) is 11.5 Å². The smallest absolute Gasteiger partial charge is 0.344 e. The van der Waals surface area contributed by atoms with Gasteiger partial charge in [0.25, 0.3) is 11.8 Å². The minimum absolute atomic E-state index is 0.0300. The van der Waals surface area contributed by atoms with E-state index in [2.05, 4.69) is 5.32 Å². The van der Waals surface area contributed by atoms with Crippen molar-refractivity contribution >= 4 is 46.9 Å². The van der Waals surface area contributed by atoms with Crippen molar-refractivity contribution in [1.82, 2.24) is 5.32 Å². The Labute approximate surface area is 184 Å². The molecule has 1 heterocycles. The van der Waals surface area contributed by atoms with E-state index >= 15 is 0 Å². The molecule has 9 heteroatoms. The Hall–Kier alpha value is -3.72. The zero-order valence-corrected chi connectivity index (χ0v) is 17.9. The normalized spacial score (nSPS) is 16.2. The van der Waals surface area contributed by atoms with E-state index in [0.29, 0.717) is 11.3 Å². The van der Waals surface area contributed by atoms with E-state index in [4.69, 9.17) is 21.7 Å². The third-order valence-corrected chi connectivity index (χ3v) is 4.85. The zero-order valence-electron chi connectivity index (χ0n) is 17.0. The summed E-state index contributed by atoms with van der Waals surface area (Å²) in [6, 6.07) is 11.9. The minimum atomic E-state index is -1.18. The van der Waals surface area contributed by atoms with Gasteiger partial charge in [-0.1, -0.05) is 29.8 Å². The van der Waals surface area contributed by atoms with Crippen LogP contribution in [-0.4, -0.2) is 41.2 Å². The number of aryl methyl sites for hydroxylation is 1.